The Labute approximate surface area is 166 Å². The fourth-order valence-electron chi connectivity index (χ4n) is 2.65. The van der Waals surface area contributed by atoms with Crippen LogP contribution in [0.2, 0.25) is 0 Å². The molecule has 0 aliphatic carbocycles. The standard InChI is InChI=1S/C18H23BrN4O4/c19-14-5-1-4-13(10-14)17-22-16(23-27-17)11-21-18(24)20-7-3-8-25-12-15-6-2-9-26-15/h1,4-5,10,15H,2-3,6-9,11-12H2,(H2,20,21,24). The van der Waals surface area contributed by atoms with E-state index in [0.717, 1.165) is 35.9 Å². The third-order valence-electron chi connectivity index (χ3n) is 4.03. The molecule has 2 N–H and O–H groups in total. The van der Waals surface area contributed by atoms with E-state index in [4.69, 9.17) is 14.0 Å². The third kappa shape index (κ3) is 6.60. The van der Waals surface area contributed by atoms with Crippen molar-refractivity contribution < 1.29 is 18.8 Å². The molecule has 0 spiro atoms. The fourth-order valence-corrected chi connectivity index (χ4v) is 3.05. The van der Waals surface area contributed by atoms with Gasteiger partial charge in [-0.1, -0.05) is 27.2 Å². The van der Waals surface area contributed by atoms with Gasteiger partial charge in [0.15, 0.2) is 5.82 Å². The Bertz CT molecular complexity index is 734. The summed E-state index contributed by atoms with van der Waals surface area (Å²) in [6.07, 6.45) is 3.16. The lowest BCUT2D eigenvalue weighted by Gasteiger charge is -2.10. The van der Waals surface area contributed by atoms with Crippen molar-refractivity contribution in [1.82, 2.24) is 20.8 Å². The molecule has 27 heavy (non-hydrogen) atoms. The molecule has 1 aromatic heterocycles. The number of carbonyl (C=O) groups is 1. The topological polar surface area (TPSA) is 98.5 Å². The molecule has 2 aromatic rings. The smallest absolute Gasteiger partial charge is 0.315 e. The number of carbonyl (C=O) groups excluding carboxylic acids is 1. The lowest BCUT2D eigenvalue weighted by atomic mass is 10.2. The normalized spacial score (nSPS) is 16.4. The van der Waals surface area contributed by atoms with E-state index in [2.05, 4.69) is 36.7 Å². The number of halogens is 1. The van der Waals surface area contributed by atoms with Crippen LogP contribution in [-0.2, 0) is 16.0 Å². The Kier molecular flexibility index (Phi) is 7.61. The molecule has 3 rings (SSSR count). The minimum atomic E-state index is -0.275. The molecule has 0 bridgehead atoms. The summed E-state index contributed by atoms with van der Waals surface area (Å²) in [4.78, 5) is 16.1. The molecule has 1 aliphatic rings. The molecular formula is C18H23BrN4O4. The number of urea groups is 1. The molecular weight excluding hydrogens is 416 g/mol. The van der Waals surface area contributed by atoms with Crippen molar-refractivity contribution in [2.24, 2.45) is 0 Å². The minimum Gasteiger partial charge on any atom is -0.379 e. The lowest BCUT2D eigenvalue weighted by Crippen LogP contribution is -2.36. The van der Waals surface area contributed by atoms with Gasteiger partial charge in [0.2, 0.25) is 0 Å². The minimum absolute atomic E-state index is 0.193. The quantitative estimate of drug-likeness (QED) is 0.583. The number of benzene rings is 1. The van der Waals surface area contributed by atoms with Crippen LogP contribution in [0.4, 0.5) is 4.79 Å². The van der Waals surface area contributed by atoms with E-state index in [-0.39, 0.29) is 18.7 Å². The van der Waals surface area contributed by atoms with Crippen molar-refractivity contribution in [2.45, 2.75) is 31.9 Å². The maximum atomic E-state index is 11.8. The number of aromatic nitrogens is 2. The van der Waals surface area contributed by atoms with Crippen LogP contribution in [0.1, 0.15) is 25.1 Å². The molecule has 0 saturated carbocycles. The number of hydrogen-bond acceptors (Lipinski definition) is 6. The maximum Gasteiger partial charge on any atom is 0.315 e. The second-order valence-electron chi connectivity index (χ2n) is 6.20. The third-order valence-corrected chi connectivity index (χ3v) is 4.52. The molecule has 1 unspecified atom stereocenters. The Morgan fingerprint density at radius 2 is 2.30 bits per heavy atom. The summed E-state index contributed by atoms with van der Waals surface area (Å²) < 4.78 is 17.2. The van der Waals surface area contributed by atoms with E-state index in [9.17, 15) is 4.79 Å². The molecule has 8 nitrogen and oxygen atoms in total. The molecule has 9 heteroatoms. The van der Waals surface area contributed by atoms with Gasteiger partial charge in [0, 0.05) is 29.8 Å². The fraction of sp³-hybridized carbons (Fsp3) is 0.500. The highest BCUT2D eigenvalue weighted by atomic mass is 79.9. The van der Waals surface area contributed by atoms with Gasteiger partial charge in [-0.05, 0) is 37.5 Å². The first kappa shape index (κ1) is 19.8. The van der Waals surface area contributed by atoms with Crippen molar-refractivity contribution >= 4 is 22.0 Å². The molecule has 146 valence electrons. The lowest BCUT2D eigenvalue weighted by molar-refractivity contribution is 0.0168. The number of nitrogens with zero attached hydrogens (tertiary/aromatic N) is 2. The zero-order valence-corrected chi connectivity index (χ0v) is 16.5. The van der Waals surface area contributed by atoms with Gasteiger partial charge in [-0.3, -0.25) is 0 Å². The molecule has 1 aliphatic heterocycles. The number of ether oxygens (including phenoxy) is 2. The largest absolute Gasteiger partial charge is 0.379 e. The van der Waals surface area contributed by atoms with E-state index in [1.165, 1.54) is 0 Å². The van der Waals surface area contributed by atoms with Crippen LogP contribution < -0.4 is 10.6 Å². The zero-order chi connectivity index (χ0) is 18.9. The molecule has 1 fully saturated rings. The summed E-state index contributed by atoms with van der Waals surface area (Å²) in [5.74, 6) is 0.830. The van der Waals surface area contributed by atoms with Gasteiger partial charge in [0.05, 0.1) is 19.3 Å². The van der Waals surface area contributed by atoms with Gasteiger partial charge in [-0.25, -0.2) is 4.79 Å². The predicted octanol–water partition coefficient (Wildman–Crippen LogP) is 2.88. The first-order chi connectivity index (χ1) is 13.2. The molecule has 1 saturated heterocycles. The van der Waals surface area contributed by atoms with E-state index < -0.39 is 0 Å². The second kappa shape index (κ2) is 10.4. The summed E-state index contributed by atoms with van der Waals surface area (Å²) in [6, 6.07) is 7.30. The van der Waals surface area contributed by atoms with Gasteiger partial charge in [0.25, 0.3) is 5.89 Å². The van der Waals surface area contributed by atoms with Crippen LogP contribution in [0, 0.1) is 0 Å². The first-order valence-corrected chi connectivity index (χ1v) is 9.79. The van der Waals surface area contributed by atoms with E-state index in [1.54, 1.807) is 0 Å². The van der Waals surface area contributed by atoms with E-state index in [0.29, 0.717) is 31.5 Å². The van der Waals surface area contributed by atoms with Gasteiger partial charge in [-0.2, -0.15) is 4.98 Å². The van der Waals surface area contributed by atoms with Crippen LogP contribution in [-0.4, -0.2) is 48.6 Å². The molecule has 0 radical (unpaired) electrons. The van der Waals surface area contributed by atoms with Crippen LogP contribution >= 0.6 is 15.9 Å². The van der Waals surface area contributed by atoms with Crippen molar-refractivity contribution in [3.05, 3.63) is 34.6 Å². The summed E-state index contributed by atoms with van der Waals surface area (Å²) >= 11 is 3.40. The average Bonchev–Trinajstić information content (AvgIpc) is 3.35. The van der Waals surface area contributed by atoms with Crippen LogP contribution in [0.25, 0.3) is 11.5 Å². The summed E-state index contributed by atoms with van der Waals surface area (Å²) in [5.41, 5.74) is 0.815. The highest BCUT2D eigenvalue weighted by molar-refractivity contribution is 9.10. The van der Waals surface area contributed by atoms with Gasteiger partial charge in [0.1, 0.15) is 0 Å². The van der Waals surface area contributed by atoms with Crippen LogP contribution in [0.5, 0.6) is 0 Å². The average molecular weight is 439 g/mol. The molecule has 2 amide bonds. The van der Waals surface area contributed by atoms with Crippen molar-refractivity contribution in [3.8, 4) is 11.5 Å². The Hall–Kier alpha value is -1.97. The van der Waals surface area contributed by atoms with E-state index in [1.807, 2.05) is 24.3 Å². The highest BCUT2D eigenvalue weighted by Gasteiger charge is 2.15. The van der Waals surface area contributed by atoms with Gasteiger partial charge >= 0.3 is 6.03 Å². The predicted molar refractivity (Wildman–Crippen MR) is 102 cm³/mol. The zero-order valence-electron chi connectivity index (χ0n) is 14.9. The summed E-state index contributed by atoms with van der Waals surface area (Å²) in [6.45, 7) is 2.79. The van der Waals surface area contributed by atoms with Crippen molar-refractivity contribution in [3.63, 3.8) is 0 Å². The van der Waals surface area contributed by atoms with Crippen LogP contribution in [0.15, 0.2) is 33.3 Å². The van der Waals surface area contributed by atoms with E-state index >= 15 is 0 Å². The van der Waals surface area contributed by atoms with Gasteiger partial charge in [-0.15, -0.1) is 0 Å². The number of rotatable bonds is 9. The number of nitrogens with one attached hydrogen (secondary N) is 2. The highest BCUT2D eigenvalue weighted by Crippen LogP contribution is 2.21. The molecule has 1 aromatic carbocycles. The second-order valence-corrected chi connectivity index (χ2v) is 7.11. The first-order valence-electron chi connectivity index (χ1n) is 9.00. The van der Waals surface area contributed by atoms with Crippen LogP contribution in [0.3, 0.4) is 0 Å². The van der Waals surface area contributed by atoms with Gasteiger partial charge < -0.3 is 24.6 Å². The monoisotopic (exact) mass is 438 g/mol. The number of hydrogen-bond donors (Lipinski definition) is 2. The maximum absolute atomic E-state index is 11.8. The van der Waals surface area contributed by atoms with Crippen molar-refractivity contribution in [1.29, 1.82) is 0 Å². The Balaban J connectivity index is 1.29. The summed E-state index contributed by atoms with van der Waals surface area (Å²) in [7, 11) is 0. The molecule has 1 atom stereocenters. The SMILES string of the molecule is O=C(NCCCOCC1CCCO1)NCc1noc(-c2cccc(Br)c2)n1. The van der Waals surface area contributed by atoms with Crippen molar-refractivity contribution in [2.75, 3.05) is 26.4 Å². The molecule has 2 heterocycles. The Morgan fingerprint density at radius 1 is 1.37 bits per heavy atom. The summed E-state index contributed by atoms with van der Waals surface area (Å²) in [5, 5.41) is 9.36. The number of amides is 2. The Morgan fingerprint density at radius 3 is 3.11 bits per heavy atom.